The zero-order chi connectivity index (χ0) is 24.1. The van der Waals surface area contributed by atoms with Crippen LogP contribution >= 0.6 is 0 Å². The lowest BCUT2D eigenvalue weighted by molar-refractivity contribution is -0.384. The molecule has 3 rings (SSSR count). The molecule has 2 aromatic rings. The van der Waals surface area contributed by atoms with Gasteiger partial charge in [0.1, 0.15) is 5.76 Å². The number of methoxy groups -OCH3 is 1. The number of carbonyl (C=O) groups is 2. The predicted octanol–water partition coefficient (Wildman–Crippen LogP) is 1.74. The van der Waals surface area contributed by atoms with Gasteiger partial charge in [-0.1, -0.05) is 18.2 Å². The number of aliphatic hydroxyl groups excluding tert-OH is 2. The van der Waals surface area contributed by atoms with Gasteiger partial charge in [-0.2, -0.15) is 0 Å². The molecule has 0 radical (unpaired) electrons. The zero-order valence-electron chi connectivity index (χ0n) is 17.6. The number of hydrogen-bond acceptors (Lipinski definition) is 9. The Morgan fingerprint density at radius 1 is 1.18 bits per heavy atom. The Hall–Kier alpha value is -3.96. The minimum absolute atomic E-state index is 0.00512. The highest BCUT2D eigenvalue weighted by atomic mass is 16.6. The van der Waals surface area contributed by atoms with Gasteiger partial charge in [-0.05, 0) is 17.7 Å². The first-order valence-electron chi connectivity index (χ1n) is 9.88. The number of likely N-dealkylation sites (tertiary alicyclic amines) is 1. The van der Waals surface area contributed by atoms with E-state index in [1.54, 1.807) is 0 Å². The van der Waals surface area contributed by atoms with Gasteiger partial charge in [0.2, 0.25) is 0 Å². The number of nitro benzene ring substituents is 1. The van der Waals surface area contributed by atoms with E-state index in [-0.39, 0.29) is 54.7 Å². The number of amides is 1. The topological polar surface area (TPSA) is 160 Å². The Balaban J connectivity index is 2.14. The van der Waals surface area contributed by atoms with E-state index in [9.17, 15) is 29.9 Å². The van der Waals surface area contributed by atoms with Gasteiger partial charge < -0.3 is 29.7 Å². The van der Waals surface area contributed by atoms with Gasteiger partial charge in [-0.25, -0.2) is 0 Å². The molecule has 1 aliphatic heterocycles. The Morgan fingerprint density at radius 2 is 1.94 bits per heavy atom. The molecule has 0 saturated carbocycles. The summed E-state index contributed by atoms with van der Waals surface area (Å²) in [5, 5.41) is 40.9. The van der Waals surface area contributed by atoms with Crippen LogP contribution in [-0.2, 0) is 14.3 Å². The molecule has 11 nitrogen and oxygen atoms in total. The first-order chi connectivity index (χ1) is 15.8. The second kappa shape index (κ2) is 10.1. The summed E-state index contributed by atoms with van der Waals surface area (Å²) in [5.74, 6) is -2.52. The molecule has 0 aliphatic carbocycles. The molecule has 11 heteroatoms. The lowest BCUT2D eigenvalue weighted by Crippen LogP contribution is -2.33. The van der Waals surface area contributed by atoms with Crippen LogP contribution in [0.4, 0.5) is 5.69 Å². The van der Waals surface area contributed by atoms with E-state index < -0.39 is 28.4 Å². The molecule has 1 saturated heterocycles. The molecule has 33 heavy (non-hydrogen) atoms. The van der Waals surface area contributed by atoms with Crippen molar-refractivity contribution >= 4 is 23.1 Å². The van der Waals surface area contributed by atoms with Crippen molar-refractivity contribution in [3.63, 3.8) is 0 Å². The van der Waals surface area contributed by atoms with Gasteiger partial charge in [0, 0.05) is 24.2 Å². The van der Waals surface area contributed by atoms with E-state index in [1.165, 1.54) is 48.4 Å². The third-order valence-corrected chi connectivity index (χ3v) is 5.10. The van der Waals surface area contributed by atoms with E-state index in [2.05, 4.69) is 0 Å². The summed E-state index contributed by atoms with van der Waals surface area (Å²) in [4.78, 5) is 37.5. The van der Waals surface area contributed by atoms with Crippen LogP contribution in [0.2, 0.25) is 0 Å². The number of nitro groups is 1. The lowest BCUT2D eigenvalue weighted by atomic mass is 9.95. The van der Waals surface area contributed by atoms with Crippen molar-refractivity contribution < 1.29 is 39.3 Å². The average molecular weight is 458 g/mol. The van der Waals surface area contributed by atoms with Crippen molar-refractivity contribution in [1.29, 1.82) is 0 Å². The molecule has 174 valence electrons. The van der Waals surface area contributed by atoms with Crippen LogP contribution in [0.15, 0.2) is 48.0 Å². The molecule has 1 fully saturated rings. The SMILES string of the molecule is COc1cc([C@H]2C(=C(O)c3cccc([N+](=O)[O-])c3)C(=O)C(=O)N2CCOCCO)ccc1O. The number of hydrogen-bond donors (Lipinski definition) is 3. The molecule has 0 spiro atoms. The molecule has 1 heterocycles. The molecular weight excluding hydrogens is 436 g/mol. The van der Waals surface area contributed by atoms with E-state index in [0.29, 0.717) is 5.56 Å². The highest BCUT2D eigenvalue weighted by Gasteiger charge is 2.46. The molecule has 3 N–H and O–H groups in total. The number of nitrogens with zero attached hydrogens (tertiary/aromatic N) is 2. The van der Waals surface area contributed by atoms with Crippen LogP contribution in [0.25, 0.3) is 5.76 Å². The van der Waals surface area contributed by atoms with E-state index in [0.717, 1.165) is 6.07 Å². The van der Waals surface area contributed by atoms with Crippen LogP contribution in [0, 0.1) is 10.1 Å². The quantitative estimate of drug-likeness (QED) is 0.127. The van der Waals surface area contributed by atoms with Gasteiger partial charge in [0.15, 0.2) is 11.5 Å². The summed E-state index contributed by atoms with van der Waals surface area (Å²) in [6.45, 7) is -0.209. The lowest BCUT2D eigenvalue weighted by Gasteiger charge is -2.25. The molecule has 0 bridgehead atoms. The number of carbonyl (C=O) groups excluding carboxylic acids is 2. The van der Waals surface area contributed by atoms with Crippen LogP contribution < -0.4 is 4.74 Å². The summed E-state index contributed by atoms with van der Waals surface area (Å²) < 4.78 is 10.4. The smallest absolute Gasteiger partial charge is 0.295 e. The largest absolute Gasteiger partial charge is 0.507 e. The van der Waals surface area contributed by atoms with Gasteiger partial charge >= 0.3 is 0 Å². The minimum Gasteiger partial charge on any atom is -0.507 e. The van der Waals surface area contributed by atoms with E-state index in [4.69, 9.17) is 14.6 Å². The first-order valence-corrected chi connectivity index (χ1v) is 9.88. The number of aromatic hydroxyl groups is 1. The number of rotatable bonds is 9. The highest BCUT2D eigenvalue weighted by molar-refractivity contribution is 6.46. The minimum atomic E-state index is -1.07. The van der Waals surface area contributed by atoms with Crippen LogP contribution in [0.3, 0.4) is 0 Å². The maximum Gasteiger partial charge on any atom is 0.295 e. The van der Waals surface area contributed by atoms with Gasteiger partial charge in [-0.3, -0.25) is 19.7 Å². The van der Waals surface area contributed by atoms with Crippen molar-refractivity contribution in [3.8, 4) is 11.5 Å². The van der Waals surface area contributed by atoms with E-state index in [1.807, 2.05) is 0 Å². The zero-order valence-corrected chi connectivity index (χ0v) is 17.6. The fraction of sp³-hybridized carbons (Fsp3) is 0.273. The second-order valence-corrected chi connectivity index (χ2v) is 7.07. The number of ketones is 1. The summed E-state index contributed by atoms with van der Waals surface area (Å²) in [7, 11) is 1.33. The molecule has 1 amide bonds. The number of non-ortho nitro benzene ring substituents is 1. The Labute approximate surface area is 188 Å². The summed E-state index contributed by atoms with van der Waals surface area (Å²) >= 11 is 0. The fourth-order valence-electron chi connectivity index (χ4n) is 3.57. The molecule has 1 atom stereocenters. The van der Waals surface area contributed by atoms with Crippen molar-refractivity contribution in [2.75, 3.05) is 33.5 Å². The van der Waals surface area contributed by atoms with Crippen LogP contribution in [0.5, 0.6) is 11.5 Å². The highest BCUT2D eigenvalue weighted by Crippen LogP contribution is 2.41. The maximum absolute atomic E-state index is 12.9. The van der Waals surface area contributed by atoms with Crippen LogP contribution in [0.1, 0.15) is 17.2 Å². The summed E-state index contributed by atoms with van der Waals surface area (Å²) in [5.41, 5.74) is -0.212. The van der Waals surface area contributed by atoms with Gasteiger partial charge in [0.25, 0.3) is 17.4 Å². The number of aliphatic hydroxyl groups is 2. The molecule has 0 aromatic heterocycles. The van der Waals surface area contributed by atoms with Crippen molar-refractivity contribution in [2.24, 2.45) is 0 Å². The molecular formula is C22H22N2O9. The predicted molar refractivity (Wildman–Crippen MR) is 115 cm³/mol. The third kappa shape index (κ3) is 4.78. The van der Waals surface area contributed by atoms with Crippen LogP contribution in [-0.4, -0.2) is 70.3 Å². The number of benzene rings is 2. The second-order valence-electron chi connectivity index (χ2n) is 7.07. The number of phenols is 1. The normalized spacial score (nSPS) is 17.4. The first kappa shape index (κ1) is 23.7. The number of Topliss-reactive ketones (excluding diaryl/α,β-unsaturated/α-hetero) is 1. The summed E-state index contributed by atoms with van der Waals surface area (Å²) in [6, 6.07) is 8.21. The third-order valence-electron chi connectivity index (χ3n) is 5.10. The van der Waals surface area contributed by atoms with Crippen molar-refractivity contribution in [3.05, 3.63) is 69.3 Å². The van der Waals surface area contributed by atoms with Crippen molar-refractivity contribution in [1.82, 2.24) is 4.90 Å². The molecule has 1 aliphatic rings. The molecule has 0 unspecified atom stereocenters. The Bertz CT molecular complexity index is 1110. The van der Waals surface area contributed by atoms with E-state index >= 15 is 0 Å². The number of ether oxygens (including phenoxy) is 2. The number of phenolic OH excluding ortho intramolecular Hbond substituents is 1. The van der Waals surface area contributed by atoms with Gasteiger partial charge in [-0.15, -0.1) is 0 Å². The maximum atomic E-state index is 12.9. The monoisotopic (exact) mass is 458 g/mol. The Morgan fingerprint density at radius 3 is 2.61 bits per heavy atom. The fourth-order valence-corrected chi connectivity index (χ4v) is 3.57. The molecule has 2 aromatic carbocycles. The van der Waals surface area contributed by atoms with Gasteiger partial charge in [0.05, 0.1) is 43.5 Å². The standard InChI is InChI=1S/C22H22N2O9/c1-32-17-12-13(5-6-16(17)26)19-18(20(27)14-3-2-4-15(11-14)24(30)31)21(28)22(29)23(19)7-9-33-10-8-25/h2-6,11-12,19,25-27H,7-10H2,1H3/t19-/m0/s1. The Kier molecular flexibility index (Phi) is 7.26. The summed E-state index contributed by atoms with van der Waals surface area (Å²) in [6.07, 6.45) is 0. The average Bonchev–Trinajstić information content (AvgIpc) is 3.06. The van der Waals surface area contributed by atoms with Crippen molar-refractivity contribution in [2.45, 2.75) is 6.04 Å².